The zero-order valence-electron chi connectivity index (χ0n) is 21.5. The number of rotatable bonds is 8. The first-order valence-electron chi connectivity index (χ1n) is 12.1. The summed E-state index contributed by atoms with van der Waals surface area (Å²) < 4.78 is 10.4. The molecule has 12 nitrogen and oxygen atoms in total. The molecule has 2 saturated heterocycles. The number of piperazine rings is 1. The van der Waals surface area contributed by atoms with Crippen molar-refractivity contribution in [3.63, 3.8) is 0 Å². The Kier molecular flexibility index (Phi) is 8.01. The van der Waals surface area contributed by atoms with Gasteiger partial charge in [0.15, 0.2) is 0 Å². The van der Waals surface area contributed by atoms with Crippen LogP contribution in [0.5, 0.6) is 11.5 Å². The SMILES string of the molecule is COc1ccc(CNC(=O)N2C3CN(Cc4ccc(OC)cc4)C(=O)C(CC(=O)O)N3C(=O)CN2C)cc1. The zero-order chi connectivity index (χ0) is 27.4. The minimum absolute atomic E-state index is 0.0209. The number of nitrogens with one attached hydrogen (secondary N) is 1. The number of hydrogen-bond acceptors (Lipinski definition) is 7. The Labute approximate surface area is 220 Å². The lowest BCUT2D eigenvalue weighted by molar-refractivity contribution is -0.189. The van der Waals surface area contributed by atoms with E-state index >= 15 is 0 Å². The maximum Gasteiger partial charge on any atom is 0.334 e. The summed E-state index contributed by atoms with van der Waals surface area (Å²) in [7, 11) is 4.73. The molecule has 4 amide bonds. The van der Waals surface area contributed by atoms with Crippen LogP contribution in [0, 0.1) is 0 Å². The molecule has 2 N–H and O–H groups in total. The van der Waals surface area contributed by atoms with Crippen molar-refractivity contribution in [2.24, 2.45) is 0 Å². The number of aliphatic carboxylic acids is 1. The van der Waals surface area contributed by atoms with Crippen molar-refractivity contribution in [3.8, 4) is 11.5 Å². The number of likely N-dealkylation sites (N-methyl/N-ethyl adjacent to an activating group) is 1. The van der Waals surface area contributed by atoms with Crippen molar-refractivity contribution in [1.82, 2.24) is 25.1 Å². The van der Waals surface area contributed by atoms with Gasteiger partial charge in [-0.2, -0.15) is 0 Å². The van der Waals surface area contributed by atoms with Crippen molar-refractivity contribution >= 4 is 23.8 Å². The van der Waals surface area contributed by atoms with Gasteiger partial charge in [-0.1, -0.05) is 24.3 Å². The van der Waals surface area contributed by atoms with Crippen molar-refractivity contribution in [3.05, 3.63) is 59.7 Å². The smallest absolute Gasteiger partial charge is 0.334 e. The number of carbonyl (C=O) groups excluding carboxylic acids is 3. The highest BCUT2D eigenvalue weighted by Gasteiger charge is 2.51. The number of urea groups is 1. The van der Waals surface area contributed by atoms with Crippen LogP contribution in [-0.2, 0) is 27.5 Å². The number of fused-ring (bicyclic) bond motifs is 1. The van der Waals surface area contributed by atoms with Gasteiger partial charge in [0.2, 0.25) is 11.8 Å². The Morgan fingerprint density at radius 2 is 1.55 bits per heavy atom. The lowest BCUT2D eigenvalue weighted by Crippen LogP contribution is -2.76. The van der Waals surface area contributed by atoms with Crippen LogP contribution in [0.15, 0.2) is 48.5 Å². The first kappa shape index (κ1) is 26.7. The number of hydrazine groups is 1. The predicted octanol–water partition coefficient (Wildman–Crippen LogP) is 1.12. The molecule has 38 heavy (non-hydrogen) atoms. The normalized spacial score (nSPS) is 19.7. The van der Waals surface area contributed by atoms with Gasteiger partial charge >= 0.3 is 12.0 Å². The molecule has 2 unspecified atom stereocenters. The van der Waals surface area contributed by atoms with Gasteiger partial charge in [0, 0.05) is 20.1 Å². The number of benzene rings is 2. The molecule has 2 heterocycles. The van der Waals surface area contributed by atoms with Gasteiger partial charge < -0.3 is 29.7 Å². The van der Waals surface area contributed by atoms with Crippen LogP contribution in [0.25, 0.3) is 0 Å². The highest BCUT2D eigenvalue weighted by atomic mass is 16.5. The molecule has 0 bridgehead atoms. The number of hydrogen-bond donors (Lipinski definition) is 2. The monoisotopic (exact) mass is 525 g/mol. The number of amides is 4. The highest BCUT2D eigenvalue weighted by molar-refractivity contribution is 5.93. The molecule has 2 aromatic rings. The zero-order valence-corrected chi connectivity index (χ0v) is 21.5. The van der Waals surface area contributed by atoms with Crippen LogP contribution >= 0.6 is 0 Å². The first-order chi connectivity index (χ1) is 18.2. The molecule has 2 aromatic carbocycles. The number of ether oxygens (including phenoxy) is 2. The van der Waals surface area contributed by atoms with Gasteiger partial charge in [-0.25, -0.2) is 14.8 Å². The molecule has 2 aliphatic rings. The van der Waals surface area contributed by atoms with E-state index in [4.69, 9.17) is 9.47 Å². The van der Waals surface area contributed by atoms with Gasteiger partial charge in [0.1, 0.15) is 23.7 Å². The van der Waals surface area contributed by atoms with Crippen LogP contribution in [0.4, 0.5) is 4.79 Å². The van der Waals surface area contributed by atoms with Gasteiger partial charge in [0.25, 0.3) is 0 Å². The Balaban J connectivity index is 1.58. The molecule has 202 valence electrons. The number of nitrogens with zero attached hydrogens (tertiary/aromatic N) is 4. The predicted molar refractivity (Wildman–Crippen MR) is 135 cm³/mol. The van der Waals surface area contributed by atoms with E-state index in [0.717, 1.165) is 11.1 Å². The fraction of sp³-hybridized carbons (Fsp3) is 0.385. The van der Waals surface area contributed by atoms with Crippen molar-refractivity contribution in [2.45, 2.75) is 31.7 Å². The van der Waals surface area contributed by atoms with Crippen LogP contribution in [0.1, 0.15) is 17.5 Å². The minimum Gasteiger partial charge on any atom is -0.497 e. The third kappa shape index (κ3) is 5.65. The summed E-state index contributed by atoms with van der Waals surface area (Å²) in [5.41, 5.74) is 1.64. The van der Waals surface area contributed by atoms with Gasteiger partial charge in [-0.05, 0) is 35.4 Å². The molecule has 4 rings (SSSR count). The van der Waals surface area contributed by atoms with E-state index in [9.17, 15) is 24.3 Å². The van der Waals surface area contributed by atoms with E-state index in [0.29, 0.717) is 11.5 Å². The molecule has 2 aliphatic heterocycles. The van der Waals surface area contributed by atoms with Crippen LogP contribution in [0.3, 0.4) is 0 Å². The largest absolute Gasteiger partial charge is 0.497 e. The van der Waals surface area contributed by atoms with E-state index in [2.05, 4.69) is 5.32 Å². The Hall–Kier alpha value is -4.32. The average Bonchev–Trinajstić information content (AvgIpc) is 2.90. The Morgan fingerprint density at radius 1 is 0.974 bits per heavy atom. The van der Waals surface area contributed by atoms with E-state index in [-0.39, 0.29) is 26.2 Å². The van der Waals surface area contributed by atoms with E-state index < -0.39 is 42.4 Å². The molecular weight excluding hydrogens is 494 g/mol. The van der Waals surface area contributed by atoms with Crippen LogP contribution < -0.4 is 14.8 Å². The fourth-order valence-electron chi connectivity index (χ4n) is 4.77. The second kappa shape index (κ2) is 11.4. The number of carbonyl (C=O) groups is 4. The van der Waals surface area contributed by atoms with E-state index in [1.54, 1.807) is 45.5 Å². The molecule has 0 radical (unpaired) electrons. The molecule has 0 saturated carbocycles. The third-order valence-corrected chi connectivity index (χ3v) is 6.65. The first-order valence-corrected chi connectivity index (χ1v) is 12.1. The fourth-order valence-corrected chi connectivity index (χ4v) is 4.77. The summed E-state index contributed by atoms with van der Waals surface area (Å²) in [5, 5.41) is 15.3. The summed E-state index contributed by atoms with van der Waals surface area (Å²) in [5.74, 6) is -0.752. The average molecular weight is 526 g/mol. The quantitative estimate of drug-likeness (QED) is 0.524. The minimum atomic E-state index is -1.23. The van der Waals surface area contributed by atoms with Crippen LogP contribution in [0.2, 0.25) is 0 Å². The van der Waals surface area contributed by atoms with Gasteiger partial charge in [0.05, 0.1) is 33.7 Å². The van der Waals surface area contributed by atoms with Crippen molar-refractivity contribution < 1.29 is 33.8 Å². The molecule has 0 aliphatic carbocycles. The van der Waals surface area contributed by atoms with E-state index in [1.165, 1.54) is 19.8 Å². The van der Waals surface area contributed by atoms with Crippen molar-refractivity contribution in [1.29, 1.82) is 0 Å². The third-order valence-electron chi connectivity index (χ3n) is 6.65. The molecule has 2 atom stereocenters. The Morgan fingerprint density at radius 3 is 2.11 bits per heavy atom. The molecule has 0 aromatic heterocycles. The van der Waals surface area contributed by atoms with E-state index in [1.807, 2.05) is 24.3 Å². The van der Waals surface area contributed by atoms with Crippen molar-refractivity contribution in [2.75, 3.05) is 34.4 Å². The summed E-state index contributed by atoms with van der Waals surface area (Å²) >= 11 is 0. The highest BCUT2D eigenvalue weighted by Crippen LogP contribution is 2.28. The summed E-state index contributed by atoms with van der Waals surface area (Å²) in [6.07, 6.45) is -1.44. The van der Waals surface area contributed by atoms with Gasteiger partial charge in [-0.3, -0.25) is 14.4 Å². The number of methoxy groups -OCH3 is 2. The second-order valence-electron chi connectivity index (χ2n) is 9.13. The maximum atomic E-state index is 13.4. The van der Waals surface area contributed by atoms with Gasteiger partial charge in [-0.15, -0.1) is 0 Å². The summed E-state index contributed by atoms with van der Waals surface area (Å²) in [4.78, 5) is 54.3. The molecule has 2 fully saturated rings. The lowest BCUT2D eigenvalue weighted by Gasteiger charge is -2.54. The summed E-state index contributed by atoms with van der Waals surface area (Å²) in [6.45, 7) is 0.255. The topological polar surface area (TPSA) is 132 Å². The summed E-state index contributed by atoms with van der Waals surface area (Å²) in [6, 6.07) is 12.7. The number of carboxylic acids is 1. The van der Waals surface area contributed by atoms with Crippen LogP contribution in [-0.4, -0.2) is 95.3 Å². The lowest BCUT2D eigenvalue weighted by atomic mass is 10.0. The standard InChI is InChI=1S/C26H31N5O7/c1-28-16-23(32)30-21(12-24(33)34)25(35)29(14-18-6-10-20(38-3)11-7-18)15-22(30)31(28)26(36)27-13-17-4-8-19(37-2)9-5-17/h4-11,21-22H,12-16H2,1-3H3,(H,27,36)(H,33,34). The second-order valence-corrected chi connectivity index (χ2v) is 9.13. The number of carboxylic acid groups (broad SMARTS) is 1. The maximum absolute atomic E-state index is 13.4. The Bertz CT molecular complexity index is 1190. The molecule has 12 heteroatoms. The molecular formula is C26H31N5O7. The molecule has 0 spiro atoms.